The number of halogens is 1. The fourth-order valence-electron chi connectivity index (χ4n) is 1.54. The maximum absolute atomic E-state index is 5.98. The summed E-state index contributed by atoms with van der Waals surface area (Å²) < 4.78 is 1.86. The molecule has 0 aliphatic rings. The molecule has 0 saturated heterocycles. The third kappa shape index (κ3) is 2.50. The van der Waals surface area contributed by atoms with Crippen LogP contribution in [0.3, 0.4) is 0 Å². The highest BCUT2D eigenvalue weighted by Gasteiger charge is 2.05. The Bertz CT molecular complexity index is 535. The second-order valence-corrected chi connectivity index (χ2v) is 4.31. The lowest BCUT2D eigenvalue weighted by Crippen LogP contribution is -2.07. The summed E-state index contributed by atoms with van der Waals surface area (Å²) in [7, 11) is 1.90. The Morgan fingerprint density at radius 2 is 2.24 bits per heavy atom. The number of hydrogen-bond donors (Lipinski definition) is 2. The minimum absolute atomic E-state index is 0.552. The van der Waals surface area contributed by atoms with Crippen LogP contribution in [-0.2, 0) is 13.6 Å². The largest absolute Gasteiger partial charge is 0.398 e. The number of aromatic nitrogens is 3. The zero-order valence-electron chi connectivity index (χ0n) is 9.74. The first-order chi connectivity index (χ1) is 8.08. The van der Waals surface area contributed by atoms with Crippen LogP contribution < -0.4 is 11.1 Å². The van der Waals surface area contributed by atoms with Crippen molar-refractivity contribution >= 4 is 23.0 Å². The lowest BCUT2D eigenvalue weighted by atomic mass is 10.2. The molecule has 90 valence electrons. The molecule has 0 aliphatic carbocycles. The van der Waals surface area contributed by atoms with Crippen LogP contribution in [0.15, 0.2) is 18.5 Å². The molecule has 0 bridgehead atoms. The molecule has 2 rings (SSSR count). The van der Waals surface area contributed by atoms with Crippen LogP contribution in [0.25, 0.3) is 0 Å². The lowest BCUT2D eigenvalue weighted by molar-refractivity contribution is 0.812. The molecule has 0 fully saturated rings. The van der Waals surface area contributed by atoms with Crippen molar-refractivity contribution in [2.45, 2.75) is 13.5 Å². The second-order valence-electron chi connectivity index (χ2n) is 3.90. The van der Waals surface area contributed by atoms with Gasteiger partial charge in [0.25, 0.3) is 0 Å². The van der Waals surface area contributed by atoms with Gasteiger partial charge in [0.2, 0.25) is 0 Å². The highest BCUT2D eigenvalue weighted by Crippen LogP contribution is 2.26. The molecule has 0 radical (unpaired) electrons. The predicted octanol–water partition coefficient (Wildman–Crippen LogP) is 1.97. The van der Waals surface area contributed by atoms with Gasteiger partial charge in [-0.2, -0.15) is 0 Å². The molecule has 17 heavy (non-hydrogen) atoms. The maximum Gasteiger partial charge on any atom is 0.151 e. The topological polar surface area (TPSA) is 68.8 Å². The fraction of sp³-hybridized carbons (Fsp3) is 0.273. The standard InChI is InChI=1S/C11H14ClN5/c1-7-3-9(13)8(12)4-10(7)14-5-11-16-15-6-17(11)2/h3-4,6,14H,5,13H2,1-2H3. The van der Waals surface area contributed by atoms with Crippen LogP contribution in [0, 0.1) is 6.92 Å². The summed E-state index contributed by atoms with van der Waals surface area (Å²) in [5.41, 5.74) is 8.31. The van der Waals surface area contributed by atoms with Crippen LogP contribution >= 0.6 is 11.6 Å². The number of hydrogen-bond acceptors (Lipinski definition) is 4. The number of rotatable bonds is 3. The van der Waals surface area contributed by atoms with Crippen LogP contribution in [0.2, 0.25) is 5.02 Å². The molecule has 1 heterocycles. The number of nitrogen functional groups attached to an aromatic ring is 1. The summed E-state index contributed by atoms with van der Waals surface area (Å²) >= 11 is 5.98. The molecule has 5 nitrogen and oxygen atoms in total. The summed E-state index contributed by atoms with van der Waals surface area (Å²) in [6, 6.07) is 3.67. The molecule has 3 N–H and O–H groups in total. The minimum Gasteiger partial charge on any atom is -0.398 e. The molecular formula is C11H14ClN5. The minimum atomic E-state index is 0.552. The van der Waals surface area contributed by atoms with Crippen molar-refractivity contribution < 1.29 is 0 Å². The number of benzene rings is 1. The average Bonchev–Trinajstić information content (AvgIpc) is 2.68. The molecule has 0 aliphatic heterocycles. The van der Waals surface area contributed by atoms with E-state index < -0.39 is 0 Å². The van der Waals surface area contributed by atoms with Crippen molar-refractivity contribution in [3.8, 4) is 0 Å². The number of nitrogens with two attached hydrogens (primary N) is 1. The molecular weight excluding hydrogens is 238 g/mol. The van der Waals surface area contributed by atoms with E-state index in [1.807, 2.05) is 30.7 Å². The highest BCUT2D eigenvalue weighted by molar-refractivity contribution is 6.33. The third-order valence-corrected chi connectivity index (χ3v) is 2.91. The number of nitrogens with zero attached hydrogens (tertiary/aromatic N) is 3. The normalized spacial score (nSPS) is 10.5. The van der Waals surface area contributed by atoms with Crippen molar-refractivity contribution in [3.05, 3.63) is 34.9 Å². The molecule has 0 saturated carbocycles. The predicted molar refractivity (Wildman–Crippen MR) is 68.9 cm³/mol. The molecule has 2 aromatic rings. The molecule has 0 spiro atoms. The lowest BCUT2D eigenvalue weighted by Gasteiger charge is -2.10. The quantitative estimate of drug-likeness (QED) is 0.819. The van der Waals surface area contributed by atoms with Gasteiger partial charge in [-0.3, -0.25) is 0 Å². The summed E-state index contributed by atoms with van der Waals surface area (Å²) in [6.45, 7) is 2.57. The van der Waals surface area contributed by atoms with Gasteiger partial charge in [-0.25, -0.2) is 0 Å². The van der Waals surface area contributed by atoms with Crippen molar-refractivity contribution in [1.82, 2.24) is 14.8 Å². The fourth-order valence-corrected chi connectivity index (χ4v) is 1.70. The Kier molecular flexibility index (Phi) is 3.19. The average molecular weight is 252 g/mol. The third-order valence-electron chi connectivity index (χ3n) is 2.59. The van der Waals surface area contributed by atoms with Crippen LogP contribution in [-0.4, -0.2) is 14.8 Å². The van der Waals surface area contributed by atoms with Gasteiger partial charge in [0.15, 0.2) is 5.82 Å². The summed E-state index contributed by atoms with van der Waals surface area (Å²) in [6.07, 6.45) is 1.67. The summed E-state index contributed by atoms with van der Waals surface area (Å²) in [5, 5.41) is 11.6. The van der Waals surface area contributed by atoms with E-state index in [0.717, 1.165) is 17.1 Å². The van der Waals surface area contributed by atoms with Gasteiger partial charge >= 0.3 is 0 Å². The smallest absolute Gasteiger partial charge is 0.151 e. The van der Waals surface area contributed by atoms with Gasteiger partial charge in [0.05, 0.1) is 17.3 Å². The molecule has 1 aromatic carbocycles. The Morgan fingerprint density at radius 3 is 2.88 bits per heavy atom. The zero-order valence-corrected chi connectivity index (χ0v) is 10.5. The van der Waals surface area contributed by atoms with E-state index in [9.17, 15) is 0 Å². The Hall–Kier alpha value is -1.75. The number of anilines is 2. The Balaban J connectivity index is 2.14. The van der Waals surface area contributed by atoms with Gasteiger partial charge in [-0.1, -0.05) is 11.6 Å². The highest BCUT2D eigenvalue weighted by atomic mass is 35.5. The van der Waals surface area contributed by atoms with E-state index in [-0.39, 0.29) is 0 Å². The Morgan fingerprint density at radius 1 is 1.47 bits per heavy atom. The van der Waals surface area contributed by atoms with Gasteiger partial charge < -0.3 is 15.6 Å². The first-order valence-electron chi connectivity index (χ1n) is 5.20. The number of aryl methyl sites for hydroxylation is 2. The van der Waals surface area contributed by atoms with Crippen molar-refractivity contribution in [3.63, 3.8) is 0 Å². The number of nitrogens with one attached hydrogen (secondary N) is 1. The van der Waals surface area contributed by atoms with Crippen molar-refractivity contribution in [2.75, 3.05) is 11.1 Å². The second kappa shape index (κ2) is 4.63. The molecule has 0 amide bonds. The summed E-state index contributed by atoms with van der Waals surface area (Å²) in [5.74, 6) is 0.859. The Labute approximate surface area is 105 Å². The van der Waals surface area contributed by atoms with Crippen LogP contribution in [0.5, 0.6) is 0 Å². The van der Waals surface area contributed by atoms with Gasteiger partial charge in [0.1, 0.15) is 6.33 Å². The van der Waals surface area contributed by atoms with Gasteiger partial charge in [0, 0.05) is 12.7 Å². The maximum atomic E-state index is 5.98. The monoisotopic (exact) mass is 251 g/mol. The van der Waals surface area contributed by atoms with Crippen LogP contribution in [0.4, 0.5) is 11.4 Å². The SMILES string of the molecule is Cc1cc(N)c(Cl)cc1NCc1nncn1C. The van der Waals surface area contributed by atoms with E-state index in [1.54, 1.807) is 6.33 Å². The summed E-state index contributed by atoms with van der Waals surface area (Å²) in [4.78, 5) is 0. The van der Waals surface area contributed by atoms with E-state index in [0.29, 0.717) is 17.3 Å². The van der Waals surface area contributed by atoms with E-state index in [4.69, 9.17) is 17.3 Å². The van der Waals surface area contributed by atoms with Gasteiger partial charge in [-0.05, 0) is 24.6 Å². The van der Waals surface area contributed by atoms with Gasteiger partial charge in [-0.15, -0.1) is 10.2 Å². The molecule has 0 atom stereocenters. The zero-order chi connectivity index (χ0) is 12.4. The van der Waals surface area contributed by atoms with E-state index in [1.165, 1.54) is 0 Å². The molecule has 1 aromatic heterocycles. The van der Waals surface area contributed by atoms with Crippen molar-refractivity contribution in [1.29, 1.82) is 0 Å². The van der Waals surface area contributed by atoms with E-state index in [2.05, 4.69) is 15.5 Å². The molecule has 6 heteroatoms. The molecule has 0 unspecified atom stereocenters. The van der Waals surface area contributed by atoms with Crippen molar-refractivity contribution in [2.24, 2.45) is 7.05 Å². The first-order valence-corrected chi connectivity index (χ1v) is 5.58. The van der Waals surface area contributed by atoms with E-state index >= 15 is 0 Å². The first kappa shape index (κ1) is 11.7. The van der Waals surface area contributed by atoms with Crippen LogP contribution in [0.1, 0.15) is 11.4 Å².